The van der Waals surface area contributed by atoms with Gasteiger partial charge in [0.2, 0.25) is 6.10 Å². The first kappa shape index (κ1) is 24.8. The van der Waals surface area contributed by atoms with Gasteiger partial charge in [-0.1, -0.05) is 41.4 Å². The zero-order valence-corrected chi connectivity index (χ0v) is 19.9. The van der Waals surface area contributed by atoms with E-state index in [1.165, 1.54) is 31.4 Å². The molecule has 1 aromatic heterocycles. The lowest BCUT2D eigenvalue weighted by atomic mass is 10.1. The Bertz CT molecular complexity index is 1140. The van der Waals surface area contributed by atoms with Crippen molar-refractivity contribution in [3.05, 3.63) is 74.5 Å². The van der Waals surface area contributed by atoms with Crippen LogP contribution in [0.4, 0.5) is 4.39 Å². The minimum absolute atomic E-state index is 0.0571. The number of hydrogen-bond donors (Lipinski definition) is 1. The van der Waals surface area contributed by atoms with E-state index in [0.717, 1.165) is 17.1 Å². The summed E-state index contributed by atoms with van der Waals surface area (Å²) in [5.74, 6) is -0.847. The molecule has 0 unspecified atom stereocenters. The Labute approximate surface area is 203 Å². The van der Waals surface area contributed by atoms with Gasteiger partial charge in [-0.3, -0.25) is 4.79 Å². The molecule has 1 atom stereocenters. The van der Waals surface area contributed by atoms with Gasteiger partial charge in [0.25, 0.3) is 5.91 Å². The highest BCUT2D eigenvalue weighted by Gasteiger charge is 2.28. The summed E-state index contributed by atoms with van der Waals surface area (Å²) in [5.41, 5.74) is 0.981. The van der Waals surface area contributed by atoms with Crippen LogP contribution in [-0.4, -0.2) is 37.0 Å². The molecule has 0 saturated carbocycles. The largest absolute Gasteiger partial charge is 0.493 e. The van der Waals surface area contributed by atoms with E-state index in [1.54, 1.807) is 19.2 Å². The lowest BCUT2D eigenvalue weighted by molar-refractivity contribution is -0.130. The van der Waals surface area contributed by atoms with Gasteiger partial charge in [-0.15, -0.1) is 0 Å². The van der Waals surface area contributed by atoms with Gasteiger partial charge in [-0.25, -0.2) is 9.18 Å². The Morgan fingerprint density at radius 2 is 1.79 bits per heavy atom. The zero-order valence-electron chi connectivity index (χ0n) is 17.6. The third-order valence-electron chi connectivity index (χ3n) is 4.59. The summed E-state index contributed by atoms with van der Waals surface area (Å²) in [6, 6.07) is 10.5. The molecule has 0 aliphatic carbocycles. The van der Waals surface area contributed by atoms with Gasteiger partial charge in [-0.2, -0.15) is 4.37 Å². The van der Waals surface area contributed by atoms with E-state index in [1.807, 2.05) is 6.07 Å². The molecular weight excluding hydrogens is 494 g/mol. The molecule has 0 fully saturated rings. The molecule has 2 aromatic carbocycles. The highest BCUT2D eigenvalue weighted by atomic mass is 35.5. The first-order chi connectivity index (χ1) is 15.8. The van der Waals surface area contributed by atoms with Gasteiger partial charge in [0.1, 0.15) is 15.2 Å². The summed E-state index contributed by atoms with van der Waals surface area (Å²) in [6.07, 6.45) is -0.871. The highest BCUT2D eigenvalue weighted by Crippen LogP contribution is 2.31. The molecule has 1 heterocycles. The molecular formula is C22H19Cl2FN2O5S. The van der Waals surface area contributed by atoms with Crippen molar-refractivity contribution in [2.75, 3.05) is 20.8 Å². The van der Waals surface area contributed by atoms with E-state index in [0.29, 0.717) is 17.9 Å². The second-order valence-corrected chi connectivity index (χ2v) is 8.44. The molecule has 0 spiro atoms. The van der Waals surface area contributed by atoms with Crippen molar-refractivity contribution in [3.63, 3.8) is 0 Å². The van der Waals surface area contributed by atoms with Gasteiger partial charge in [0, 0.05) is 12.1 Å². The van der Waals surface area contributed by atoms with Crippen LogP contribution in [0.15, 0.2) is 42.5 Å². The summed E-state index contributed by atoms with van der Waals surface area (Å²) in [7, 11) is 3.08. The zero-order chi connectivity index (χ0) is 24.0. The van der Waals surface area contributed by atoms with E-state index >= 15 is 0 Å². The molecule has 0 saturated heterocycles. The standard InChI is InChI=1S/C22H19Cl2FN2O5S/c1-30-15-8-3-12(11-16(15)31-2)9-10-26-21(28)19(13-4-6-14(25)7-5-13)32-22(29)18-17(23)20(24)33-27-18/h3-8,11,19H,9-10H2,1-2H3,(H,26,28)/t19-/m0/s1. The number of hydrogen-bond acceptors (Lipinski definition) is 7. The van der Waals surface area contributed by atoms with E-state index in [9.17, 15) is 14.0 Å². The van der Waals surface area contributed by atoms with Crippen LogP contribution in [0.1, 0.15) is 27.7 Å². The Morgan fingerprint density at radius 3 is 2.39 bits per heavy atom. The summed E-state index contributed by atoms with van der Waals surface area (Å²) in [6.45, 7) is 0.243. The maximum Gasteiger partial charge on any atom is 0.360 e. The lowest BCUT2D eigenvalue weighted by Gasteiger charge is -2.18. The number of esters is 1. The smallest absolute Gasteiger partial charge is 0.360 e. The van der Waals surface area contributed by atoms with Crippen molar-refractivity contribution >= 4 is 46.6 Å². The number of aromatic nitrogens is 1. The fourth-order valence-corrected chi connectivity index (χ4v) is 3.90. The van der Waals surface area contributed by atoms with E-state index in [4.69, 9.17) is 37.4 Å². The molecule has 3 rings (SSSR count). The molecule has 1 N–H and O–H groups in total. The number of halogens is 3. The number of rotatable bonds is 9. The Hall–Kier alpha value is -2.88. The second kappa shape index (κ2) is 11.3. The van der Waals surface area contributed by atoms with Gasteiger partial charge in [0.05, 0.1) is 14.2 Å². The fraction of sp³-hybridized carbons (Fsp3) is 0.227. The lowest BCUT2D eigenvalue weighted by Crippen LogP contribution is -2.33. The maximum absolute atomic E-state index is 13.4. The number of carbonyl (C=O) groups excluding carboxylic acids is 2. The number of nitrogens with zero attached hydrogens (tertiary/aromatic N) is 1. The van der Waals surface area contributed by atoms with Gasteiger partial charge >= 0.3 is 5.97 Å². The van der Waals surface area contributed by atoms with Crippen LogP contribution in [0.2, 0.25) is 9.36 Å². The van der Waals surface area contributed by atoms with Crippen LogP contribution in [0.25, 0.3) is 0 Å². The highest BCUT2D eigenvalue weighted by molar-refractivity contribution is 7.11. The first-order valence-corrected chi connectivity index (χ1v) is 11.1. The summed E-state index contributed by atoms with van der Waals surface area (Å²) < 4.78 is 33.2. The van der Waals surface area contributed by atoms with Crippen LogP contribution in [0.5, 0.6) is 11.5 Å². The van der Waals surface area contributed by atoms with Crippen molar-refractivity contribution in [2.24, 2.45) is 0 Å². The topological polar surface area (TPSA) is 86.8 Å². The molecule has 0 aliphatic rings. The van der Waals surface area contributed by atoms with Crippen molar-refractivity contribution in [3.8, 4) is 11.5 Å². The average molecular weight is 513 g/mol. The number of carbonyl (C=O) groups is 2. The number of benzene rings is 2. The van der Waals surface area contributed by atoms with E-state index < -0.39 is 23.8 Å². The Morgan fingerprint density at radius 1 is 1.09 bits per heavy atom. The summed E-state index contributed by atoms with van der Waals surface area (Å²) in [4.78, 5) is 25.5. The van der Waals surface area contributed by atoms with Crippen LogP contribution in [-0.2, 0) is 16.0 Å². The van der Waals surface area contributed by atoms with Crippen molar-refractivity contribution in [2.45, 2.75) is 12.5 Å². The number of methoxy groups -OCH3 is 2. The number of ether oxygens (including phenoxy) is 3. The molecule has 33 heavy (non-hydrogen) atoms. The van der Waals surface area contributed by atoms with Crippen molar-refractivity contribution in [1.29, 1.82) is 0 Å². The molecule has 0 radical (unpaired) electrons. The molecule has 11 heteroatoms. The second-order valence-electron chi connectivity index (χ2n) is 6.69. The number of nitrogens with one attached hydrogen (secondary N) is 1. The Balaban J connectivity index is 1.72. The van der Waals surface area contributed by atoms with Crippen LogP contribution in [0, 0.1) is 5.82 Å². The van der Waals surface area contributed by atoms with Crippen LogP contribution >= 0.6 is 34.7 Å². The minimum atomic E-state index is -1.35. The Kier molecular flexibility index (Phi) is 8.49. The average Bonchev–Trinajstić information content (AvgIpc) is 3.16. The predicted molar refractivity (Wildman–Crippen MR) is 123 cm³/mol. The first-order valence-electron chi connectivity index (χ1n) is 9.59. The van der Waals surface area contributed by atoms with Gasteiger partial charge in [0.15, 0.2) is 17.2 Å². The van der Waals surface area contributed by atoms with Crippen LogP contribution in [0.3, 0.4) is 0 Å². The van der Waals surface area contributed by atoms with Crippen molar-refractivity contribution in [1.82, 2.24) is 9.69 Å². The summed E-state index contributed by atoms with van der Waals surface area (Å²) >= 11 is 12.7. The number of amides is 1. The predicted octanol–water partition coefficient (Wildman–Crippen LogP) is 4.86. The third-order valence-corrected chi connectivity index (χ3v) is 6.20. The molecule has 1 amide bonds. The van der Waals surface area contributed by atoms with Gasteiger partial charge < -0.3 is 19.5 Å². The molecule has 0 bridgehead atoms. The van der Waals surface area contributed by atoms with E-state index in [-0.39, 0.29) is 27.2 Å². The normalized spacial score (nSPS) is 11.5. The SMILES string of the molecule is COc1ccc(CCNC(=O)[C@@H](OC(=O)c2nsc(Cl)c2Cl)c2ccc(F)cc2)cc1OC. The van der Waals surface area contributed by atoms with E-state index in [2.05, 4.69) is 9.69 Å². The summed E-state index contributed by atoms with van der Waals surface area (Å²) in [5, 5.41) is 2.67. The molecule has 0 aliphatic heterocycles. The van der Waals surface area contributed by atoms with Gasteiger partial charge in [-0.05, 0) is 47.8 Å². The minimum Gasteiger partial charge on any atom is -0.493 e. The third kappa shape index (κ3) is 6.13. The van der Waals surface area contributed by atoms with Crippen LogP contribution < -0.4 is 14.8 Å². The molecule has 174 valence electrons. The monoisotopic (exact) mass is 512 g/mol. The maximum atomic E-state index is 13.4. The fourth-order valence-electron chi connectivity index (χ4n) is 2.92. The van der Waals surface area contributed by atoms with Crippen molar-refractivity contribution < 1.29 is 28.2 Å². The molecule has 7 nitrogen and oxygen atoms in total. The molecule has 3 aromatic rings. The quantitative estimate of drug-likeness (QED) is 0.412.